The van der Waals surface area contributed by atoms with E-state index in [0.717, 1.165) is 32.3 Å². The van der Waals surface area contributed by atoms with E-state index in [2.05, 4.69) is 4.98 Å². The average Bonchev–Trinajstić information content (AvgIpc) is 2.31. The van der Waals surface area contributed by atoms with Crippen LogP contribution in [0.3, 0.4) is 0 Å². The number of nitrogens with zero attached hydrogens (tertiary/aromatic N) is 2. The first-order valence-corrected chi connectivity index (χ1v) is 7.04. The fourth-order valence-corrected chi connectivity index (χ4v) is 3.72. The van der Waals surface area contributed by atoms with Gasteiger partial charge in [-0.3, -0.25) is 4.79 Å². The summed E-state index contributed by atoms with van der Waals surface area (Å²) >= 11 is 0. The topological polar surface area (TPSA) is 33.2 Å². The molecule has 2 heterocycles. The first-order chi connectivity index (χ1) is 9.81. The van der Waals surface area contributed by atoms with Crippen molar-refractivity contribution in [2.24, 2.45) is 11.3 Å². The zero-order chi connectivity index (χ0) is 15.3. The van der Waals surface area contributed by atoms with E-state index in [1.54, 1.807) is 11.0 Å². The predicted molar refractivity (Wildman–Crippen MR) is 70.5 cm³/mol. The second kappa shape index (κ2) is 4.71. The lowest BCUT2D eigenvalue weighted by Gasteiger charge is -2.58. The molecule has 0 unspecified atom stereocenters. The molecule has 3 rings (SSSR count). The largest absolute Gasteiger partial charge is 0.433 e. The predicted octanol–water partition coefficient (Wildman–Crippen LogP) is 2.82. The highest BCUT2D eigenvalue weighted by Gasteiger charge is 2.51. The summed E-state index contributed by atoms with van der Waals surface area (Å²) in [6.45, 7) is 3.02. The third-order valence-electron chi connectivity index (χ3n) is 4.59. The second-order valence-corrected chi connectivity index (χ2v) is 6.45. The number of rotatable bonds is 3. The Kier molecular flexibility index (Phi) is 3.22. The molecule has 2 fully saturated rings. The summed E-state index contributed by atoms with van der Waals surface area (Å²) in [7, 11) is 0. The molecule has 1 spiro atoms. The van der Waals surface area contributed by atoms with E-state index in [-0.39, 0.29) is 11.0 Å². The van der Waals surface area contributed by atoms with Gasteiger partial charge in [0.25, 0.3) is 0 Å². The molecule has 21 heavy (non-hydrogen) atoms. The van der Waals surface area contributed by atoms with Crippen LogP contribution in [0.25, 0.3) is 0 Å². The maximum atomic E-state index is 12.8. The molecule has 1 aliphatic heterocycles. The highest BCUT2D eigenvalue weighted by molar-refractivity contribution is 5.49. The van der Waals surface area contributed by atoms with Gasteiger partial charge in [-0.25, -0.2) is 4.98 Å². The van der Waals surface area contributed by atoms with E-state index in [0.29, 0.717) is 18.0 Å². The summed E-state index contributed by atoms with van der Waals surface area (Å²) in [6, 6.07) is 3.19. The number of aromatic nitrogens is 1. The maximum absolute atomic E-state index is 12.8. The molecule has 1 aromatic heterocycles. The summed E-state index contributed by atoms with van der Waals surface area (Å²) in [5, 5.41) is 0. The summed E-state index contributed by atoms with van der Waals surface area (Å²) in [4.78, 5) is 16.1. The third kappa shape index (κ3) is 2.63. The number of halogens is 3. The van der Waals surface area contributed by atoms with Gasteiger partial charge in [-0.15, -0.1) is 0 Å². The summed E-state index contributed by atoms with van der Waals surface area (Å²) in [5.41, 5.74) is 0.143. The molecule has 0 radical (unpaired) electrons. The van der Waals surface area contributed by atoms with Gasteiger partial charge in [0, 0.05) is 24.2 Å². The Balaban J connectivity index is 1.61. The smallest absolute Gasteiger partial charge is 0.344 e. The van der Waals surface area contributed by atoms with Crippen LogP contribution in [0.2, 0.25) is 0 Å². The lowest BCUT2D eigenvalue weighted by Crippen LogP contribution is -2.61. The molecule has 1 aliphatic carbocycles. The SMILES string of the molecule is Cc1ccc(CC2CC3(C2)CN(C=O)C3)nc1C(F)(F)F. The van der Waals surface area contributed by atoms with Crippen LogP contribution in [0.5, 0.6) is 0 Å². The van der Waals surface area contributed by atoms with Gasteiger partial charge in [0.15, 0.2) is 0 Å². The minimum absolute atomic E-state index is 0.164. The molecule has 2 aliphatic rings. The standard InChI is InChI=1S/C15H17F3N2O/c1-10-2-3-12(19-13(10)15(16,17)18)4-11-5-14(6-11)7-20(8-14)9-21/h2-3,9,11H,4-8H2,1H3. The number of pyridine rings is 1. The van der Waals surface area contributed by atoms with Crippen LogP contribution >= 0.6 is 0 Å². The molecule has 3 nitrogen and oxygen atoms in total. The van der Waals surface area contributed by atoms with Gasteiger partial charge in [-0.05, 0) is 43.7 Å². The molecule has 114 valence electrons. The Hall–Kier alpha value is -1.59. The van der Waals surface area contributed by atoms with Gasteiger partial charge in [0.05, 0.1) is 0 Å². The Bertz CT molecular complexity index is 557. The fourth-order valence-electron chi connectivity index (χ4n) is 3.72. The zero-order valence-corrected chi connectivity index (χ0v) is 11.8. The Morgan fingerprint density at radius 2 is 2.05 bits per heavy atom. The monoisotopic (exact) mass is 298 g/mol. The normalized spacial score (nSPS) is 21.0. The fraction of sp³-hybridized carbons (Fsp3) is 0.600. The number of amides is 1. The molecule has 0 bridgehead atoms. The van der Waals surface area contributed by atoms with Gasteiger partial charge in [0.2, 0.25) is 6.41 Å². The maximum Gasteiger partial charge on any atom is 0.433 e. The van der Waals surface area contributed by atoms with Crippen molar-refractivity contribution >= 4 is 6.41 Å². The summed E-state index contributed by atoms with van der Waals surface area (Å²) in [5.74, 6) is 0.384. The first-order valence-electron chi connectivity index (χ1n) is 7.04. The zero-order valence-electron chi connectivity index (χ0n) is 11.8. The Morgan fingerprint density at radius 1 is 1.38 bits per heavy atom. The molecule has 0 aromatic carbocycles. The van der Waals surface area contributed by atoms with Crippen LogP contribution in [-0.4, -0.2) is 29.4 Å². The molecule has 1 saturated heterocycles. The lowest BCUT2D eigenvalue weighted by molar-refractivity contribution is -0.142. The third-order valence-corrected chi connectivity index (χ3v) is 4.59. The minimum Gasteiger partial charge on any atom is -0.344 e. The van der Waals surface area contributed by atoms with Crippen LogP contribution in [0.4, 0.5) is 13.2 Å². The second-order valence-electron chi connectivity index (χ2n) is 6.45. The molecule has 6 heteroatoms. The van der Waals surface area contributed by atoms with Crippen molar-refractivity contribution in [2.45, 2.75) is 32.4 Å². The Labute approximate surface area is 121 Å². The highest BCUT2D eigenvalue weighted by Crippen LogP contribution is 2.52. The van der Waals surface area contributed by atoms with Crippen molar-refractivity contribution in [3.63, 3.8) is 0 Å². The van der Waals surface area contributed by atoms with Crippen molar-refractivity contribution in [2.75, 3.05) is 13.1 Å². The van der Waals surface area contributed by atoms with Crippen LogP contribution < -0.4 is 0 Å². The molecule has 0 atom stereocenters. The van der Waals surface area contributed by atoms with E-state index in [9.17, 15) is 18.0 Å². The number of likely N-dealkylation sites (tertiary alicyclic amines) is 1. The van der Waals surface area contributed by atoms with E-state index >= 15 is 0 Å². The molecule has 1 amide bonds. The average molecular weight is 298 g/mol. The van der Waals surface area contributed by atoms with Crippen molar-refractivity contribution in [1.29, 1.82) is 0 Å². The molecular weight excluding hydrogens is 281 g/mol. The number of alkyl halides is 3. The van der Waals surface area contributed by atoms with Gasteiger partial charge in [-0.1, -0.05) is 6.07 Å². The van der Waals surface area contributed by atoms with E-state index < -0.39 is 11.9 Å². The number of carbonyl (C=O) groups excluding carboxylic acids is 1. The quantitative estimate of drug-likeness (QED) is 0.804. The number of hydrogen-bond donors (Lipinski definition) is 0. The van der Waals surface area contributed by atoms with Gasteiger partial charge >= 0.3 is 6.18 Å². The van der Waals surface area contributed by atoms with Crippen molar-refractivity contribution in [1.82, 2.24) is 9.88 Å². The Morgan fingerprint density at radius 3 is 2.62 bits per heavy atom. The highest BCUT2D eigenvalue weighted by atomic mass is 19.4. The van der Waals surface area contributed by atoms with Crippen LogP contribution in [0, 0.1) is 18.3 Å². The first kappa shape index (κ1) is 14.4. The van der Waals surface area contributed by atoms with Gasteiger partial charge in [0.1, 0.15) is 5.69 Å². The van der Waals surface area contributed by atoms with Gasteiger partial charge < -0.3 is 4.90 Å². The summed E-state index contributed by atoms with van der Waals surface area (Å²) < 4.78 is 38.5. The number of aryl methyl sites for hydroxylation is 1. The van der Waals surface area contributed by atoms with Crippen molar-refractivity contribution in [3.8, 4) is 0 Å². The van der Waals surface area contributed by atoms with Crippen molar-refractivity contribution < 1.29 is 18.0 Å². The minimum atomic E-state index is -4.39. The lowest BCUT2D eigenvalue weighted by atomic mass is 9.57. The van der Waals surface area contributed by atoms with Crippen LogP contribution in [-0.2, 0) is 17.4 Å². The van der Waals surface area contributed by atoms with Crippen LogP contribution in [0.1, 0.15) is 29.8 Å². The molecule has 1 saturated carbocycles. The molecular formula is C15H17F3N2O. The molecule has 1 aromatic rings. The van der Waals surface area contributed by atoms with E-state index in [1.165, 1.54) is 13.0 Å². The van der Waals surface area contributed by atoms with Gasteiger partial charge in [-0.2, -0.15) is 13.2 Å². The van der Waals surface area contributed by atoms with E-state index in [1.807, 2.05) is 0 Å². The van der Waals surface area contributed by atoms with E-state index in [4.69, 9.17) is 0 Å². The summed E-state index contributed by atoms with van der Waals surface area (Å²) in [6.07, 6.45) is -0.982. The number of carbonyl (C=O) groups is 1. The van der Waals surface area contributed by atoms with Crippen molar-refractivity contribution in [3.05, 3.63) is 29.1 Å². The number of hydrogen-bond acceptors (Lipinski definition) is 2. The van der Waals surface area contributed by atoms with Crippen LogP contribution in [0.15, 0.2) is 12.1 Å². The molecule has 0 N–H and O–H groups in total.